The smallest absolute Gasteiger partial charge is 0.101 e. The summed E-state index contributed by atoms with van der Waals surface area (Å²) in [7, 11) is 0. The number of rotatable bonds is 2. The molecule has 1 aliphatic heterocycles. The highest BCUT2D eigenvalue weighted by Gasteiger charge is 2.38. The van der Waals surface area contributed by atoms with Crippen LogP contribution in [0.3, 0.4) is 0 Å². The molecule has 0 spiro atoms. The zero-order valence-corrected chi connectivity index (χ0v) is 10.5. The molecule has 3 rings (SSSR count). The largest absolute Gasteiger partial charge is 0.367 e. The van der Waals surface area contributed by atoms with Gasteiger partial charge in [0.2, 0.25) is 0 Å². The summed E-state index contributed by atoms with van der Waals surface area (Å²) in [5, 5.41) is 9.25. The minimum atomic E-state index is 0.473. The Labute approximate surface area is 107 Å². The van der Waals surface area contributed by atoms with Gasteiger partial charge in [-0.15, -0.1) is 11.6 Å². The molecule has 2 aliphatic rings. The number of halogens is 1. The average Bonchev–Trinajstić information content (AvgIpc) is 3.00. The molecule has 2 bridgehead atoms. The molecular formula is C14H15ClN2. The molecule has 0 radical (unpaired) electrons. The molecule has 1 saturated carbocycles. The second-order valence-electron chi connectivity index (χ2n) is 5.08. The summed E-state index contributed by atoms with van der Waals surface area (Å²) in [4.78, 5) is 2.42. The number of nitriles is 1. The fraction of sp³-hybridized carbons (Fsp3) is 0.500. The first kappa shape index (κ1) is 10.9. The van der Waals surface area contributed by atoms with Crippen molar-refractivity contribution < 1.29 is 0 Å². The summed E-state index contributed by atoms with van der Waals surface area (Å²) in [6.45, 7) is 1.12. The van der Waals surface area contributed by atoms with Crippen LogP contribution in [-0.2, 0) is 5.88 Å². The predicted octanol–water partition coefficient (Wildman–Crippen LogP) is 3.29. The van der Waals surface area contributed by atoms with Crippen molar-refractivity contribution in [2.45, 2.75) is 31.2 Å². The molecule has 88 valence electrons. The Bertz CT molecular complexity index is 478. The lowest BCUT2D eigenvalue weighted by Crippen LogP contribution is -2.32. The highest BCUT2D eigenvalue weighted by Crippen LogP contribution is 2.41. The van der Waals surface area contributed by atoms with Crippen molar-refractivity contribution in [2.24, 2.45) is 5.92 Å². The lowest BCUT2D eigenvalue weighted by molar-refractivity contribution is 0.553. The average molecular weight is 247 g/mol. The summed E-state index contributed by atoms with van der Waals surface area (Å²) in [5.74, 6) is 1.32. The van der Waals surface area contributed by atoms with Crippen LogP contribution in [0.5, 0.6) is 0 Å². The van der Waals surface area contributed by atoms with Crippen LogP contribution in [0.4, 0.5) is 5.69 Å². The van der Waals surface area contributed by atoms with Gasteiger partial charge in [-0.25, -0.2) is 0 Å². The van der Waals surface area contributed by atoms with E-state index in [2.05, 4.69) is 17.0 Å². The second-order valence-corrected chi connectivity index (χ2v) is 5.35. The van der Waals surface area contributed by atoms with Gasteiger partial charge in [0.1, 0.15) is 6.07 Å². The van der Waals surface area contributed by atoms with Crippen LogP contribution in [0.15, 0.2) is 18.2 Å². The molecular weight excluding hydrogens is 232 g/mol. The van der Waals surface area contributed by atoms with E-state index in [9.17, 15) is 5.26 Å². The van der Waals surface area contributed by atoms with Crippen LogP contribution in [0, 0.1) is 17.2 Å². The minimum absolute atomic E-state index is 0.473. The molecule has 1 heterocycles. The number of anilines is 1. The number of hydrogen-bond acceptors (Lipinski definition) is 2. The van der Waals surface area contributed by atoms with Crippen molar-refractivity contribution in [2.75, 3.05) is 11.4 Å². The van der Waals surface area contributed by atoms with Gasteiger partial charge in [0.05, 0.1) is 11.3 Å². The van der Waals surface area contributed by atoms with Crippen LogP contribution in [-0.4, -0.2) is 12.6 Å². The lowest BCUT2D eigenvalue weighted by Gasteiger charge is -2.30. The minimum Gasteiger partial charge on any atom is -0.367 e. The number of piperidine rings is 1. The predicted molar refractivity (Wildman–Crippen MR) is 69.2 cm³/mol. The number of hydrogen-bond donors (Lipinski definition) is 0. The lowest BCUT2D eigenvalue weighted by atomic mass is 10.1. The molecule has 17 heavy (non-hydrogen) atoms. The summed E-state index contributed by atoms with van der Waals surface area (Å²) in [6.07, 6.45) is 3.96. The van der Waals surface area contributed by atoms with Crippen molar-refractivity contribution in [1.29, 1.82) is 5.26 Å². The molecule has 2 nitrogen and oxygen atoms in total. The Morgan fingerprint density at radius 3 is 2.88 bits per heavy atom. The van der Waals surface area contributed by atoms with Gasteiger partial charge in [0, 0.05) is 18.5 Å². The zero-order chi connectivity index (χ0) is 11.8. The van der Waals surface area contributed by atoms with E-state index in [-0.39, 0.29) is 0 Å². The number of benzene rings is 1. The van der Waals surface area contributed by atoms with Crippen LogP contribution in [0.1, 0.15) is 30.4 Å². The summed E-state index contributed by atoms with van der Waals surface area (Å²) in [6, 6.07) is 9.00. The molecule has 2 fully saturated rings. The van der Waals surface area contributed by atoms with Gasteiger partial charge in [-0.05, 0) is 42.9 Å². The zero-order valence-electron chi connectivity index (χ0n) is 9.69. The van der Waals surface area contributed by atoms with Crippen LogP contribution < -0.4 is 4.90 Å². The van der Waals surface area contributed by atoms with Crippen molar-refractivity contribution >= 4 is 17.3 Å². The molecule has 1 aromatic carbocycles. The molecule has 2 atom stereocenters. The van der Waals surface area contributed by atoms with Crippen molar-refractivity contribution in [1.82, 2.24) is 0 Å². The van der Waals surface area contributed by atoms with E-state index >= 15 is 0 Å². The molecule has 0 N–H and O–H groups in total. The Kier molecular flexibility index (Phi) is 2.72. The first-order valence-electron chi connectivity index (χ1n) is 6.17. The topological polar surface area (TPSA) is 27.0 Å². The first-order chi connectivity index (χ1) is 8.31. The standard InChI is InChI=1S/C14H15ClN2/c15-7-10-2-4-14(12(5-10)8-16)17-9-11-1-3-13(17)6-11/h2,4-5,11,13H,1,3,6-7,9H2. The second kappa shape index (κ2) is 4.23. The Balaban J connectivity index is 1.95. The molecule has 1 aromatic rings. The van der Waals surface area contributed by atoms with Gasteiger partial charge in [0.25, 0.3) is 0 Å². The first-order valence-corrected chi connectivity index (χ1v) is 6.71. The van der Waals surface area contributed by atoms with Gasteiger partial charge in [-0.2, -0.15) is 5.26 Å². The maximum absolute atomic E-state index is 9.25. The van der Waals surface area contributed by atoms with Crippen molar-refractivity contribution in [3.05, 3.63) is 29.3 Å². The van der Waals surface area contributed by atoms with E-state index in [0.717, 1.165) is 29.3 Å². The molecule has 1 aliphatic carbocycles. The summed E-state index contributed by atoms with van der Waals surface area (Å²) in [5.41, 5.74) is 2.90. The normalized spacial score (nSPS) is 26.2. The molecule has 1 saturated heterocycles. The van der Waals surface area contributed by atoms with Gasteiger partial charge in [-0.3, -0.25) is 0 Å². The van der Waals surface area contributed by atoms with E-state index in [0.29, 0.717) is 11.9 Å². The van der Waals surface area contributed by atoms with Gasteiger partial charge in [-0.1, -0.05) is 6.07 Å². The Morgan fingerprint density at radius 2 is 2.29 bits per heavy atom. The van der Waals surface area contributed by atoms with E-state index in [1.807, 2.05) is 12.1 Å². The van der Waals surface area contributed by atoms with Crippen LogP contribution in [0.2, 0.25) is 0 Å². The number of fused-ring (bicyclic) bond motifs is 2. The third kappa shape index (κ3) is 1.79. The van der Waals surface area contributed by atoms with Gasteiger partial charge < -0.3 is 4.90 Å². The maximum atomic E-state index is 9.25. The maximum Gasteiger partial charge on any atom is 0.101 e. The van der Waals surface area contributed by atoms with E-state index in [4.69, 9.17) is 11.6 Å². The number of nitrogens with zero attached hydrogens (tertiary/aromatic N) is 2. The monoisotopic (exact) mass is 246 g/mol. The number of alkyl halides is 1. The van der Waals surface area contributed by atoms with Gasteiger partial charge >= 0.3 is 0 Å². The summed E-state index contributed by atoms with van der Waals surface area (Å²) < 4.78 is 0. The van der Waals surface area contributed by atoms with E-state index in [1.54, 1.807) is 0 Å². The van der Waals surface area contributed by atoms with Crippen LogP contribution in [0.25, 0.3) is 0 Å². The fourth-order valence-corrected chi connectivity index (χ4v) is 3.39. The Hall–Kier alpha value is -1.20. The van der Waals surface area contributed by atoms with Gasteiger partial charge in [0.15, 0.2) is 0 Å². The summed E-state index contributed by atoms with van der Waals surface area (Å²) >= 11 is 5.81. The van der Waals surface area contributed by atoms with Crippen molar-refractivity contribution in [3.63, 3.8) is 0 Å². The third-order valence-corrected chi connectivity index (χ3v) is 4.36. The fourth-order valence-electron chi connectivity index (χ4n) is 3.23. The molecule has 0 aromatic heterocycles. The van der Waals surface area contributed by atoms with E-state index in [1.165, 1.54) is 19.3 Å². The van der Waals surface area contributed by atoms with Crippen molar-refractivity contribution in [3.8, 4) is 6.07 Å². The highest BCUT2D eigenvalue weighted by atomic mass is 35.5. The molecule has 2 unspecified atom stereocenters. The quantitative estimate of drug-likeness (QED) is 0.749. The molecule has 3 heteroatoms. The SMILES string of the molecule is N#Cc1cc(CCl)ccc1N1CC2CCC1C2. The highest BCUT2D eigenvalue weighted by molar-refractivity contribution is 6.17. The van der Waals surface area contributed by atoms with Crippen LogP contribution >= 0.6 is 11.6 Å². The Morgan fingerprint density at radius 1 is 1.41 bits per heavy atom. The third-order valence-electron chi connectivity index (χ3n) is 4.05. The van der Waals surface area contributed by atoms with E-state index < -0.39 is 0 Å². The molecule has 0 amide bonds.